The van der Waals surface area contributed by atoms with Crippen LogP contribution in [-0.4, -0.2) is 36.5 Å². The summed E-state index contributed by atoms with van der Waals surface area (Å²) in [6.07, 6.45) is 6.22. The topological polar surface area (TPSA) is 61.4 Å². The lowest BCUT2D eigenvalue weighted by atomic mass is 9.97. The maximum Gasteiger partial charge on any atom is 0.255 e. The van der Waals surface area contributed by atoms with Crippen LogP contribution in [0.3, 0.4) is 0 Å². The molecule has 2 aromatic carbocycles. The van der Waals surface area contributed by atoms with E-state index in [9.17, 15) is 4.79 Å². The molecule has 0 spiro atoms. The zero-order valence-electron chi connectivity index (χ0n) is 21.8. The molecular weight excluding hydrogens is 482 g/mol. The van der Waals surface area contributed by atoms with Crippen LogP contribution in [0.2, 0.25) is 5.02 Å². The van der Waals surface area contributed by atoms with Gasteiger partial charge in [-0.2, -0.15) is 0 Å². The largest absolute Gasteiger partial charge is 0.376 e. The Bertz CT molecular complexity index is 1470. The minimum absolute atomic E-state index is 0.0645. The number of halogens is 1. The third kappa shape index (κ3) is 4.74. The molecule has 0 aliphatic carbocycles. The molecule has 1 amide bonds. The molecule has 3 heterocycles. The average molecular weight is 514 g/mol. The van der Waals surface area contributed by atoms with Crippen LogP contribution in [0.15, 0.2) is 60.9 Å². The zero-order chi connectivity index (χ0) is 26.1. The Kier molecular flexibility index (Phi) is 7.02. The Balaban J connectivity index is 1.55. The molecule has 1 atom stereocenters. The third-order valence-electron chi connectivity index (χ3n) is 7.07. The standard InChI is InChI=1S/C30H32ClN5O/c1-5-8-25(22-10-7-6-9-19(22)2)34-30(37)24-18-33-27-23(28(24)35(3)4)13-15-32-29(27)36-16-14-20-17-21(31)11-12-26(20)36/h6-7,9-13,15,17-18,25H,5,8,14,16H2,1-4H3,(H,34,37). The van der Waals surface area contributed by atoms with E-state index in [1.807, 2.05) is 55.4 Å². The zero-order valence-corrected chi connectivity index (χ0v) is 22.5. The van der Waals surface area contributed by atoms with Crippen molar-refractivity contribution in [3.63, 3.8) is 0 Å². The molecule has 4 aromatic rings. The van der Waals surface area contributed by atoms with Crippen LogP contribution >= 0.6 is 11.6 Å². The van der Waals surface area contributed by atoms with Crippen molar-refractivity contribution in [3.05, 3.63) is 88.2 Å². The fraction of sp³-hybridized carbons (Fsp3) is 0.300. The highest BCUT2D eigenvalue weighted by Crippen LogP contribution is 2.39. The van der Waals surface area contributed by atoms with E-state index in [0.717, 1.165) is 64.5 Å². The van der Waals surface area contributed by atoms with Crippen molar-refractivity contribution in [2.24, 2.45) is 0 Å². The summed E-state index contributed by atoms with van der Waals surface area (Å²) < 4.78 is 0. The number of hydrogen-bond acceptors (Lipinski definition) is 5. The molecule has 0 saturated heterocycles. The number of benzene rings is 2. The first-order valence-corrected chi connectivity index (χ1v) is 13.1. The van der Waals surface area contributed by atoms with Gasteiger partial charge in [-0.25, -0.2) is 4.98 Å². The van der Waals surface area contributed by atoms with Gasteiger partial charge in [0.1, 0.15) is 5.52 Å². The molecule has 0 radical (unpaired) electrons. The predicted octanol–water partition coefficient (Wildman–Crippen LogP) is 6.62. The van der Waals surface area contributed by atoms with Gasteiger partial charge in [-0.15, -0.1) is 0 Å². The van der Waals surface area contributed by atoms with Crippen LogP contribution < -0.4 is 15.1 Å². The third-order valence-corrected chi connectivity index (χ3v) is 7.30. The van der Waals surface area contributed by atoms with Crippen LogP contribution in [-0.2, 0) is 6.42 Å². The molecule has 6 nitrogen and oxygen atoms in total. The van der Waals surface area contributed by atoms with E-state index in [1.165, 1.54) is 11.1 Å². The van der Waals surface area contributed by atoms with E-state index in [4.69, 9.17) is 21.6 Å². The Morgan fingerprint density at radius 3 is 2.73 bits per heavy atom. The Hall–Kier alpha value is -3.64. The van der Waals surface area contributed by atoms with E-state index in [1.54, 1.807) is 12.4 Å². The number of carbonyl (C=O) groups is 1. The van der Waals surface area contributed by atoms with E-state index in [0.29, 0.717) is 5.56 Å². The second kappa shape index (κ2) is 10.4. The molecule has 7 heteroatoms. The van der Waals surface area contributed by atoms with Crippen LogP contribution in [0.25, 0.3) is 10.9 Å². The Labute approximate surface area is 223 Å². The summed E-state index contributed by atoms with van der Waals surface area (Å²) in [5.41, 5.74) is 6.79. The molecule has 1 unspecified atom stereocenters. The first-order chi connectivity index (χ1) is 17.9. The summed E-state index contributed by atoms with van der Waals surface area (Å²) >= 11 is 6.23. The number of anilines is 3. The number of amides is 1. The number of aryl methyl sites for hydroxylation is 1. The number of pyridine rings is 2. The second-order valence-electron chi connectivity index (χ2n) is 9.79. The summed E-state index contributed by atoms with van der Waals surface area (Å²) in [7, 11) is 3.92. The Morgan fingerprint density at radius 1 is 1.16 bits per heavy atom. The van der Waals surface area contributed by atoms with Crippen molar-refractivity contribution in [2.45, 2.75) is 39.2 Å². The molecule has 0 saturated carbocycles. The summed E-state index contributed by atoms with van der Waals surface area (Å²) in [4.78, 5) is 27.4. The molecule has 1 aliphatic heterocycles. The molecule has 1 aliphatic rings. The van der Waals surface area contributed by atoms with Crippen molar-refractivity contribution < 1.29 is 4.79 Å². The second-order valence-corrected chi connectivity index (χ2v) is 10.2. The van der Waals surface area contributed by atoms with Gasteiger partial charge in [0.05, 0.1) is 17.3 Å². The number of aromatic nitrogens is 2. The highest BCUT2D eigenvalue weighted by atomic mass is 35.5. The minimum atomic E-state index is -0.126. The molecule has 2 aromatic heterocycles. The normalized spacial score (nSPS) is 13.5. The summed E-state index contributed by atoms with van der Waals surface area (Å²) in [5.74, 6) is 0.664. The molecular formula is C30H32ClN5O. The number of hydrogen-bond donors (Lipinski definition) is 1. The van der Waals surface area contributed by atoms with Crippen molar-refractivity contribution >= 4 is 45.6 Å². The number of nitrogens with zero attached hydrogens (tertiary/aromatic N) is 4. The van der Waals surface area contributed by atoms with Gasteiger partial charge in [0.25, 0.3) is 5.91 Å². The highest BCUT2D eigenvalue weighted by molar-refractivity contribution is 6.30. The summed E-state index contributed by atoms with van der Waals surface area (Å²) in [6.45, 7) is 5.03. The van der Waals surface area contributed by atoms with Gasteiger partial charge in [0.2, 0.25) is 0 Å². The molecule has 0 fully saturated rings. The van der Waals surface area contributed by atoms with Crippen LogP contribution in [0, 0.1) is 6.92 Å². The maximum absolute atomic E-state index is 13.7. The lowest BCUT2D eigenvalue weighted by molar-refractivity contribution is 0.0934. The van der Waals surface area contributed by atoms with E-state index < -0.39 is 0 Å². The monoisotopic (exact) mass is 513 g/mol. The molecule has 190 valence electrons. The van der Waals surface area contributed by atoms with E-state index >= 15 is 0 Å². The van der Waals surface area contributed by atoms with Crippen molar-refractivity contribution in [1.82, 2.24) is 15.3 Å². The van der Waals surface area contributed by atoms with Crippen LogP contribution in [0.1, 0.15) is 52.9 Å². The minimum Gasteiger partial charge on any atom is -0.376 e. The summed E-state index contributed by atoms with van der Waals surface area (Å²) in [6, 6.07) is 16.1. The summed E-state index contributed by atoms with van der Waals surface area (Å²) in [5, 5.41) is 4.93. The fourth-order valence-corrected chi connectivity index (χ4v) is 5.54. The van der Waals surface area contributed by atoms with Gasteiger partial charge in [-0.3, -0.25) is 9.78 Å². The van der Waals surface area contributed by atoms with Gasteiger partial charge in [0.15, 0.2) is 5.82 Å². The quantitative estimate of drug-likeness (QED) is 0.301. The first kappa shape index (κ1) is 25.0. The van der Waals surface area contributed by atoms with Crippen molar-refractivity contribution in [3.8, 4) is 0 Å². The molecule has 1 N–H and O–H groups in total. The van der Waals surface area contributed by atoms with Crippen molar-refractivity contribution in [2.75, 3.05) is 30.4 Å². The number of nitrogens with one attached hydrogen (secondary N) is 1. The van der Waals surface area contributed by atoms with E-state index in [2.05, 4.69) is 36.2 Å². The van der Waals surface area contributed by atoms with Crippen LogP contribution in [0.5, 0.6) is 0 Å². The number of fused-ring (bicyclic) bond motifs is 2. The van der Waals surface area contributed by atoms with Gasteiger partial charge >= 0.3 is 0 Å². The van der Waals surface area contributed by atoms with Gasteiger partial charge in [-0.1, -0.05) is 49.2 Å². The Morgan fingerprint density at radius 2 is 1.97 bits per heavy atom. The highest BCUT2D eigenvalue weighted by Gasteiger charge is 2.26. The van der Waals surface area contributed by atoms with Gasteiger partial charge in [-0.05, 0) is 60.7 Å². The SMILES string of the molecule is CCCC(NC(=O)c1cnc2c(N3CCc4cc(Cl)ccc43)nccc2c1N(C)C)c1ccccc1C. The molecule has 5 rings (SSSR count). The lowest BCUT2D eigenvalue weighted by Crippen LogP contribution is -2.30. The maximum atomic E-state index is 13.7. The van der Waals surface area contributed by atoms with Gasteiger partial charge in [0, 0.05) is 49.1 Å². The smallest absolute Gasteiger partial charge is 0.255 e. The van der Waals surface area contributed by atoms with Crippen LogP contribution in [0.4, 0.5) is 17.2 Å². The predicted molar refractivity (Wildman–Crippen MR) is 152 cm³/mol. The fourth-order valence-electron chi connectivity index (χ4n) is 5.34. The number of rotatable bonds is 7. The average Bonchev–Trinajstić information content (AvgIpc) is 3.30. The molecule has 0 bridgehead atoms. The lowest BCUT2D eigenvalue weighted by Gasteiger charge is -2.25. The van der Waals surface area contributed by atoms with Crippen molar-refractivity contribution in [1.29, 1.82) is 0 Å². The van der Waals surface area contributed by atoms with Gasteiger partial charge < -0.3 is 15.1 Å². The first-order valence-electron chi connectivity index (χ1n) is 12.8. The molecule has 37 heavy (non-hydrogen) atoms. The number of carbonyl (C=O) groups excluding carboxylic acids is 1. The van der Waals surface area contributed by atoms with E-state index in [-0.39, 0.29) is 11.9 Å².